The van der Waals surface area contributed by atoms with Gasteiger partial charge in [-0.3, -0.25) is 9.69 Å². The van der Waals surface area contributed by atoms with Gasteiger partial charge < -0.3 is 19.5 Å². The quantitative estimate of drug-likeness (QED) is 0.643. The topological polar surface area (TPSA) is 60.0 Å². The fraction of sp³-hybridized carbons (Fsp3) is 0.667. The van der Waals surface area contributed by atoms with Gasteiger partial charge in [-0.25, -0.2) is 0 Å². The number of hydrogen-bond acceptors (Lipinski definition) is 5. The summed E-state index contributed by atoms with van der Waals surface area (Å²) in [4.78, 5) is 16.0. The third-order valence-electron chi connectivity index (χ3n) is 10.1. The van der Waals surface area contributed by atoms with Crippen LogP contribution in [0.15, 0.2) is 23.8 Å². The van der Waals surface area contributed by atoms with Crippen LogP contribution < -0.4 is 14.8 Å². The summed E-state index contributed by atoms with van der Waals surface area (Å²) >= 11 is 0. The molecule has 2 heterocycles. The van der Waals surface area contributed by atoms with Crippen LogP contribution in [-0.2, 0) is 21.4 Å². The molecule has 7 aliphatic rings. The van der Waals surface area contributed by atoms with Gasteiger partial charge in [0.25, 0.3) is 0 Å². The third kappa shape index (κ3) is 2.68. The number of ether oxygens (including phenoxy) is 3. The van der Waals surface area contributed by atoms with E-state index >= 15 is 0 Å². The first kappa shape index (κ1) is 22.9. The molecule has 6 nitrogen and oxygen atoms in total. The van der Waals surface area contributed by atoms with E-state index < -0.39 is 41.2 Å². The molecule has 5 aliphatic carbocycles. The van der Waals surface area contributed by atoms with E-state index in [1.807, 2.05) is 12.1 Å². The van der Waals surface area contributed by atoms with Crippen molar-refractivity contribution >= 4 is 5.91 Å². The number of halogens is 3. The summed E-state index contributed by atoms with van der Waals surface area (Å²) in [5.41, 5.74) is 0.757. The maximum Gasteiger partial charge on any atom is 0.405 e. The van der Waals surface area contributed by atoms with E-state index in [-0.39, 0.29) is 11.6 Å². The van der Waals surface area contributed by atoms with Crippen molar-refractivity contribution in [3.05, 3.63) is 34.9 Å². The van der Waals surface area contributed by atoms with Crippen molar-refractivity contribution < 1.29 is 32.2 Å². The lowest BCUT2D eigenvalue weighted by atomic mass is 9.37. The van der Waals surface area contributed by atoms with E-state index in [0.717, 1.165) is 32.4 Å². The van der Waals surface area contributed by atoms with Crippen molar-refractivity contribution in [2.75, 3.05) is 33.9 Å². The Hall–Kier alpha value is -2.26. The Labute approximate surface area is 208 Å². The van der Waals surface area contributed by atoms with Gasteiger partial charge in [0, 0.05) is 36.2 Å². The number of hydrogen-bond donors (Lipinski definition) is 1. The van der Waals surface area contributed by atoms with Crippen molar-refractivity contribution in [1.82, 2.24) is 10.2 Å². The van der Waals surface area contributed by atoms with Crippen LogP contribution in [0.5, 0.6) is 11.5 Å². The third-order valence-corrected chi connectivity index (χ3v) is 10.1. The summed E-state index contributed by atoms with van der Waals surface area (Å²) in [6.45, 7) is 0.593. The van der Waals surface area contributed by atoms with Crippen LogP contribution in [0.4, 0.5) is 13.2 Å². The molecule has 2 saturated carbocycles. The molecule has 4 bridgehead atoms. The molecule has 5 atom stereocenters. The van der Waals surface area contributed by atoms with Gasteiger partial charge in [0.05, 0.1) is 12.5 Å². The molecule has 0 unspecified atom stereocenters. The smallest absolute Gasteiger partial charge is 0.405 e. The van der Waals surface area contributed by atoms with E-state index in [2.05, 4.69) is 16.3 Å². The van der Waals surface area contributed by atoms with Crippen molar-refractivity contribution in [2.24, 2.45) is 11.3 Å². The van der Waals surface area contributed by atoms with Gasteiger partial charge in [0.2, 0.25) is 5.91 Å². The molecule has 1 N–H and O–H groups in total. The summed E-state index contributed by atoms with van der Waals surface area (Å²) < 4.78 is 57.7. The Balaban J connectivity index is 1.43. The van der Waals surface area contributed by atoms with E-state index in [9.17, 15) is 18.0 Å². The highest BCUT2D eigenvalue weighted by atomic mass is 19.4. The highest BCUT2D eigenvalue weighted by molar-refractivity contribution is 5.97. The SMILES string of the molecule is COc1ccc2c3c1O[C@@H]1[C@]34CCN(CC3CC3)[C@H](C2)[C@@]42C=C(C(=O)NCC(F)(F)F)[C@]1(OC)CC2. The number of methoxy groups -OCH3 is 2. The first-order valence-electron chi connectivity index (χ1n) is 12.9. The van der Waals surface area contributed by atoms with Gasteiger partial charge in [-0.15, -0.1) is 0 Å². The van der Waals surface area contributed by atoms with Gasteiger partial charge in [0.1, 0.15) is 18.2 Å². The van der Waals surface area contributed by atoms with Crippen LogP contribution in [0.2, 0.25) is 0 Å². The Kier molecular flexibility index (Phi) is 4.57. The number of nitrogens with one attached hydrogen (secondary N) is 1. The van der Waals surface area contributed by atoms with Gasteiger partial charge >= 0.3 is 6.18 Å². The number of piperidine rings is 1. The number of carbonyl (C=O) groups is 1. The van der Waals surface area contributed by atoms with E-state index in [0.29, 0.717) is 23.8 Å². The largest absolute Gasteiger partial charge is 0.493 e. The molecule has 1 aromatic rings. The van der Waals surface area contributed by atoms with Gasteiger partial charge in [0.15, 0.2) is 11.5 Å². The summed E-state index contributed by atoms with van der Waals surface area (Å²) in [5.74, 6) is 1.36. The minimum Gasteiger partial charge on any atom is -0.493 e. The van der Waals surface area contributed by atoms with Crippen LogP contribution in [0.1, 0.15) is 43.2 Å². The summed E-state index contributed by atoms with van der Waals surface area (Å²) in [7, 11) is 3.17. The fourth-order valence-corrected chi connectivity index (χ4v) is 8.54. The number of rotatable bonds is 6. The van der Waals surface area contributed by atoms with E-state index in [4.69, 9.17) is 14.2 Å². The summed E-state index contributed by atoms with van der Waals surface area (Å²) in [6, 6.07) is 4.26. The van der Waals surface area contributed by atoms with Crippen molar-refractivity contribution in [3.63, 3.8) is 0 Å². The number of fused-ring (bicyclic) bond motifs is 1. The molecule has 194 valence electrons. The van der Waals surface area contributed by atoms with Crippen LogP contribution >= 0.6 is 0 Å². The monoisotopic (exact) mass is 504 g/mol. The number of carbonyl (C=O) groups excluding carboxylic acids is 1. The molecule has 3 fully saturated rings. The van der Waals surface area contributed by atoms with E-state index in [1.54, 1.807) is 14.2 Å². The minimum absolute atomic E-state index is 0.158. The van der Waals surface area contributed by atoms with Crippen molar-refractivity contribution in [2.45, 2.75) is 67.9 Å². The number of likely N-dealkylation sites (tertiary alicyclic amines) is 1. The number of amides is 1. The fourth-order valence-electron chi connectivity index (χ4n) is 8.54. The lowest BCUT2D eigenvalue weighted by Crippen LogP contribution is -2.78. The average molecular weight is 505 g/mol. The molecule has 1 aromatic carbocycles. The second-order valence-electron chi connectivity index (χ2n) is 11.5. The summed E-state index contributed by atoms with van der Waals surface area (Å²) in [6.07, 6.45) is 2.53. The Morgan fingerprint density at radius 1 is 1.22 bits per heavy atom. The normalized spacial score (nSPS) is 37.8. The molecule has 36 heavy (non-hydrogen) atoms. The molecular weight excluding hydrogens is 473 g/mol. The molecule has 2 aliphatic heterocycles. The lowest BCUT2D eigenvalue weighted by Gasteiger charge is -2.70. The molecule has 0 radical (unpaired) electrons. The zero-order valence-electron chi connectivity index (χ0n) is 20.5. The molecular formula is C27H31F3N2O4. The molecule has 8 rings (SSSR count). The molecule has 9 heteroatoms. The van der Waals surface area contributed by atoms with E-state index in [1.165, 1.54) is 24.0 Å². The lowest BCUT2D eigenvalue weighted by molar-refractivity contribution is -0.197. The predicted octanol–water partition coefficient (Wildman–Crippen LogP) is 3.52. The maximum atomic E-state index is 13.4. The maximum absolute atomic E-state index is 13.4. The van der Waals surface area contributed by atoms with Gasteiger partial charge in [-0.05, 0) is 62.6 Å². The second-order valence-corrected chi connectivity index (χ2v) is 11.5. The Bertz CT molecular complexity index is 1180. The number of nitrogens with zero attached hydrogens (tertiary/aromatic N) is 1. The Morgan fingerprint density at radius 2 is 2.03 bits per heavy atom. The standard InChI is InChI=1S/C27H31F3N2O4/c1-34-18-6-5-16-11-19-24-7-8-26(35-2,17(12-24)22(33)31-14-27(28,29)30)23-25(24,20(16)21(18)36-23)9-10-32(19)13-15-3-4-15/h5-6,12,15,19,23H,3-4,7-11,13-14H2,1-2H3,(H,31,33)/t19-,23-,24-,25+,26-/m1/s1. The highest BCUT2D eigenvalue weighted by Crippen LogP contribution is 2.74. The molecule has 1 amide bonds. The predicted molar refractivity (Wildman–Crippen MR) is 124 cm³/mol. The minimum atomic E-state index is -4.49. The van der Waals surface area contributed by atoms with Crippen LogP contribution in [-0.4, -0.2) is 68.6 Å². The van der Waals surface area contributed by atoms with Crippen LogP contribution in [0.25, 0.3) is 0 Å². The first-order valence-corrected chi connectivity index (χ1v) is 12.9. The highest BCUT2D eigenvalue weighted by Gasteiger charge is 2.79. The number of benzene rings is 1. The zero-order valence-corrected chi connectivity index (χ0v) is 20.5. The molecule has 1 saturated heterocycles. The van der Waals surface area contributed by atoms with Crippen molar-refractivity contribution in [1.29, 1.82) is 0 Å². The second kappa shape index (κ2) is 7.19. The Morgan fingerprint density at radius 3 is 2.72 bits per heavy atom. The van der Waals surface area contributed by atoms with Crippen LogP contribution in [0.3, 0.4) is 0 Å². The first-order chi connectivity index (χ1) is 17.2. The van der Waals surface area contributed by atoms with Crippen molar-refractivity contribution in [3.8, 4) is 11.5 Å². The van der Waals surface area contributed by atoms with Gasteiger partial charge in [-0.1, -0.05) is 12.1 Å². The molecule has 0 aromatic heterocycles. The summed E-state index contributed by atoms with van der Waals surface area (Å²) in [5, 5.41) is 2.13. The average Bonchev–Trinajstić information content (AvgIpc) is 3.60. The number of alkyl halides is 3. The zero-order chi connectivity index (χ0) is 25.1. The van der Waals surface area contributed by atoms with Crippen LogP contribution in [0, 0.1) is 11.3 Å². The van der Waals surface area contributed by atoms with Gasteiger partial charge in [-0.2, -0.15) is 13.2 Å². The molecule has 2 spiro atoms.